The number of hydrogen-bond acceptors (Lipinski definition) is 8. The number of rotatable bonds is 18. The van der Waals surface area contributed by atoms with E-state index in [0.717, 1.165) is 0 Å². The summed E-state index contributed by atoms with van der Waals surface area (Å²) in [6, 6.07) is 2.93. The van der Waals surface area contributed by atoms with Crippen LogP contribution in [0.4, 0.5) is 0 Å². The van der Waals surface area contributed by atoms with E-state index in [1.165, 1.54) is 12.5 Å². The molecule has 0 radical (unpaired) electrons. The van der Waals surface area contributed by atoms with E-state index in [-0.39, 0.29) is 37.5 Å². The molecular formula is C30H45N7O7. The Labute approximate surface area is 257 Å². The summed E-state index contributed by atoms with van der Waals surface area (Å²) >= 11 is 0. The van der Waals surface area contributed by atoms with E-state index in [9.17, 15) is 34.2 Å². The smallest absolute Gasteiger partial charge is 0.326 e. The molecule has 0 saturated carbocycles. The third kappa shape index (κ3) is 12.1. The average molecular weight is 616 g/mol. The molecule has 0 spiro atoms. The Morgan fingerprint density at radius 3 is 1.75 bits per heavy atom. The maximum atomic E-state index is 13.2. The number of aliphatic carboxylic acids is 1. The van der Waals surface area contributed by atoms with Crippen LogP contribution < -0.4 is 27.0 Å². The molecule has 44 heavy (non-hydrogen) atoms. The van der Waals surface area contributed by atoms with E-state index < -0.39 is 66.4 Å². The minimum Gasteiger partial charge on any atom is -0.480 e. The second-order valence-electron chi connectivity index (χ2n) is 11.6. The minimum absolute atomic E-state index is 0.0199. The number of aliphatic hydroxyl groups excluding tert-OH is 1. The molecule has 0 aliphatic rings. The molecule has 0 fully saturated rings. The van der Waals surface area contributed by atoms with Crippen molar-refractivity contribution in [1.29, 1.82) is 0 Å². The van der Waals surface area contributed by atoms with Crippen molar-refractivity contribution in [2.45, 2.75) is 83.6 Å². The van der Waals surface area contributed by atoms with Crippen molar-refractivity contribution in [2.24, 2.45) is 17.6 Å². The zero-order valence-corrected chi connectivity index (χ0v) is 25.6. The van der Waals surface area contributed by atoms with Gasteiger partial charge in [-0.05, 0) is 30.2 Å². The zero-order chi connectivity index (χ0) is 32.8. The summed E-state index contributed by atoms with van der Waals surface area (Å²) in [6.45, 7) is 6.56. The number of nitrogens with two attached hydrogens (primary N) is 1. The SMILES string of the molecule is CC(C)C[C@H](NC(=O)[C@H](CO)NC(=O)[C@H](CC(C)C)NC(=O)[C@@H](N)Cc1cnc[nH]1)C(=O)N[C@@H](Cc1ccccc1)C(=O)O. The van der Waals surface area contributed by atoms with Gasteiger partial charge in [-0.15, -0.1) is 0 Å². The number of nitrogens with one attached hydrogen (secondary N) is 5. The summed E-state index contributed by atoms with van der Waals surface area (Å²) in [4.78, 5) is 71.0. The molecule has 1 aromatic heterocycles. The summed E-state index contributed by atoms with van der Waals surface area (Å²) in [6.07, 6.45) is 3.59. The monoisotopic (exact) mass is 615 g/mol. The van der Waals surface area contributed by atoms with Crippen LogP contribution in [0.3, 0.4) is 0 Å². The van der Waals surface area contributed by atoms with Gasteiger partial charge in [0.05, 0.1) is 19.0 Å². The van der Waals surface area contributed by atoms with Crippen molar-refractivity contribution in [3.05, 3.63) is 54.1 Å². The average Bonchev–Trinajstić information content (AvgIpc) is 3.47. The normalized spacial score (nSPS) is 14.6. The molecule has 5 atom stereocenters. The number of hydrogen-bond donors (Lipinski definition) is 8. The summed E-state index contributed by atoms with van der Waals surface area (Å²) in [5, 5.41) is 29.8. The summed E-state index contributed by atoms with van der Waals surface area (Å²) in [5.74, 6) is -4.18. The van der Waals surface area contributed by atoms with Crippen LogP contribution in [0.25, 0.3) is 0 Å². The first-order valence-corrected chi connectivity index (χ1v) is 14.6. The van der Waals surface area contributed by atoms with Gasteiger partial charge < -0.3 is 42.2 Å². The largest absolute Gasteiger partial charge is 0.480 e. The molecule has 2 aromatic rings. The lowest BCUT2D eigenvalue weighted by atomic mass is 10.0. The number of amides is 4. The lowest BCUT2D eigenvalue weighted by Gasteiger charge is -2.27. The third-order valence-corrected chi connectivity index (χ3v) is 6.72. The van der Waals surface area contributed by atoms with Crippen molar-refractivity contribution in [3.8, 4) is 0 Å². The predicted molar refractivity (Wildman–Crippen MR) is 162 cm³/mol. The van der Waals surface area contributed by atoms with Crippen LogP contribution in [0.2, 0.25) is 0 Å². The van der Waals surface area contributed by atoms with Gasteiger partial charge in [-0.1, -0.05) is 58.0 Å². The number of nitrogens with zero attached hydrogens (tertiary/aromatic N) is 1. The topological polar surface area (TPSA) is 229 Å². The Bertz CT molecular complexity index is 1220. The zero-order valence-electron chi connectivity index (χ0n) is 25.6. The lowest BCUT2D eigenvalue weighted by molar-refractivity contribution is -0.142. The number of benzene rings is 1. The van der Waals surface area contributed by atoms with Crippen molar-refractivity contribution in [3.63, 3.8) is 0 Å². The molecule has 0 unspecified atom stereocenters. The molecule has 0 bridgehead atoms. The summed E-state index contributed by atoms with van der Waals surface area (Å²) in [7, 11) is 0. The highest BCUT2D eigenvalue weighted by Gasteiger charge is 2.32. The molecule has 14 heteroatoms. The number of carboxylic acids is 1. The highest BCUT2D eigenvalue weighted by Crippen LogP contribution is 2.10. The van der Waals surface area contributed by atoms with Gasteiger partial charge in [0, 0.05) is 24.7 Å². The highest BCUT2D eigenvalue weighted by molar-refractivity contribution is 5.95. The van der Waals surface area contributed by atoms with Crippen LogP contribution >= 0.6 is 0 Å². The first-order chi connectivity index (χ1) is 20.8. The van der Waals surface area contributed by atoms with Crippen LogP contribution in [0.15, 0.2) is 42.9 Å². The van der Waals surface area contributed by atoms with Gasteiger partial charge in [0.2, 0.25) is 23.6 Å². The number of aromatic amines is 1. The summed E-state index contributed by atoms with van der Waals surface area (Å²) in [5.41, 5.74) is 7.36. The highest BCUT2D eigenvalue weighted by atomic mass is 16.4. The second-order valence-corrected chi connectivity index (χ2v) is 11.6. The fourth-order valence-corrected chi connectivity index (χ4v) is 4.47. The van der Waals surface area contributed by atoms with E-state index in [1.807, 2.05) is 27.7 Å². The Balaban J connectivity index is 2.10. The second kappa shape index (κ2) is 17.7. The fraction of sp³-hybridized carbons (Fsp3) is 0.533. The van der Waals surface area contributed by atoms with Crippen LogP contribution in [0.5, 0.6) is 0 Å². The number of carbonyl (C=O) groups excluding carboxylic acids is 4. The molecule has 0 aliphatic heterocycles. The molecule has 1 heterocycles. The number of carbonyl (C=O) groups is 5. The molecule has 2 rings (SSSR count). The van der Waals surface area contributed by atoms with Crippen molar-refractivity contribution < 1.29 is 34.2 Å². The van der Waals surface area contributed by atoms with E-state index >= 15 is 0 Å². The van der Waals surface area contributed by atoms with Crippen molar-refractivity contribution in [1.82, 2.24) is 31.2 Å². The van der Waals surface area contributed by atoms with E-state index in [4.69, 9.17) is 5.73 Å². The van der Waals surface area contributed by atoms with E-state index in [2.05, 4.69) is 31.2 Å². The maximum absolute atomic E-state index is 13.2. The van der Waals surface area contributed by atoms with Gasteiger partial charge in [0.25, 0.3) is 0 Å². The van der Waals surface area contributed by atoms with Crippen LogP contribution in [-0.2, 0) is 36.8 Å². The quantitative estimate of drug-likeness (QED) is 0.109. The number of carboxylic acid groups (broad SMARTS) is 1. The lowest BCUT2D eigenvalue weighted by Crippen LogP contribution is -2.59. The molecule has 1 aromatic carbocycles. The number of imidazole rings is 1. The van der Waals surface area contributed by atoms with E-state index in [1.54, 1.807) is 30.3 Å². The van der Waals surface area contributed by atoms with Gasteiger partial charge in [0.1, 0.15) is 24.2 Å². The molecular weight excluding hydrogens is 570 g/mol. The molecule has 4 amide bonds. The summed E-state index contributed by atoms with van der Waals surface area (Å²) < 4.78 is 0. The van der Waals surface area contributed by atoms with Gasteiger partial charge in [-0.3, -0.25) is 19.2 Å². The standard InChI is InChI=1S/C30H45N7O7/c1-17(2)10-22(34-26(39)21(31)13-20-14-32-16-33-20)28(41)37-25(15-38)29(42)35-23(11-18(3)4)27(40)36-24(30(43)44)12-19-8-6-5-7-9-19/h5-9,14,16-18,21-25,38H,10-13,15,31H2,1-4H3,(H,32,33)(H,34,39)(H,35,42)(H,36,40)(H,37,41)(H,43,44)/t21-,22-,23-,24-,25-/m0/s1. The molecule has 0 aliphatic carbocycles. The van der Waals surface area contributed by atoms with E-state index in [0.29, 0.717) is 11.3 Å². The number of aliphatic hydroxyl groups is 1. The van der Waals surface area contributed by atoms with Crippen LogP contribution in [0.1, 0.15) is 51.8 Å². The van der Waals surface area contributed by atoms with Gasteiger partial charge >= 0.3 is 5.97 Å². The number of aromatic nitrogens is 2. The molecule has 0 saturated heterocycles. The van der Waals surface area contributed by atoms with Gasteiger partial charge in [0.15, 0.2) is 0 Å². The predicted octanol–water partition coefficient (Wildman–Crippen LogP) is -0.369. The first-order valence-electron chi connectivity index (χ1n) is 14.6. The molecule has 14 nitrogen and oxygen atoms in total. The third-order valence-electron chi connectivity index (χ3n) is 6.72. The van der Waals surface area contributed by atoms with Crippen molar-refractivity contribution in [2.75, 3.05) is 6.61 Å². The minimum atomic E-state index is -1.45. The number of H-pyrrole nitrogens is 1. The first kappa shape index (κ1) is 35.9. The van der Waals surface area contributed by atoms with Crippen LogP contribution in [-0.4, -0.2) is 86.6 Å². The Morgan fingerprint density at radius 1 is 0.773 bits per heavy atom. The Morgan fingerprint density at radius 2 is 1.27 bits per heavy atom. The van der Waals surface area contributed by atoms with Gasteiger partial charge in [-0.25, -0.2) is 9.78 Å². The van der Waals surface area contributed by atoms with Gasteiger partial charge in [-0.2, -0.15) is 0 Å². The Hall–Kier alpha value is -4.30. The van der Waals surface area contributed by atoms with Crippen molar-refractivity contribution >= 4 is 29.6 Å². The van der Waals surface area contributed by atoms with Crippen LogP contribution in [0, 0.1) is 11.8 Å². The molecule has 9 N–H and O–H groups in total. The fourth-order valence-electron chi connectivity index (χ4n) is 4.47. The Kier molecular flexibility index (Phi) is 14.5. The maximum Gasteiger partial charge on any atom is 0.326 e. The molecule has 242 valence electrons.